The SMILES string of the molecule is CNC(=O)c1cc2c(N3CC4CCC(C4)C3)nc(OC[C@@]34CCCN3C[C@H](F)C4)nc2c(F)c1-c1cc(C)cc2cccc(Cl)c12. The van der Waals surface area contributed by atoms with E-state index in [1.165, 1.54) is 19.3 Å². The van der Waals surface area contributed by atoms with Crippen LogP contribution in [0.15, 0.2) is 36.4 Å². The lowest BCUT2D eigenvalue weighted by Crippen LogP contribution is -2.43. The largest absolute Gasteiger partial charge is 0.461 e. The summed E-state index contributed by atoms with van der Waals surface area (Å²) < 4.78 is 38.2. The van der Waals surface area contributed by atoms with Crippen molar-refractivity contribution in [2.75, 3.05) is 44.7 Å². The van der Waals surface area contributed by atoms with Gasteiger partial charge in [-0.25, -0.2) is 8.78 Å². The summed E-state index contributed by atoms with van der Waals surface area (Å²) >= 11 is 6.74. The topological polar surface area (TPSA) is 70.6 Å². The number of piperidine rings is 1. The molecule has 2 unspecified atom stereocenters. The summed E-state index contributed by atoms with van der Waals surface area (Å²) in [7, 11) is 1.54. The molecule has 4 aromatic rings. The maximum Gasteiger partial charge on any atom is 0.319 e. The van der Waals surface area contributed by atoms with Gasteiger partial charge in [0.15, 0.2) is 5.82 Å². The molecule has 10 heteroatoms. The van der Waals surface area contributed by atoms with Gasteiger partial charge >= 0.3 is 6.01 Å². The number of hydrogen-bond donors (Lipinski definition) is 1. The number of fused-ring (bicyclic) bond motifs is 5. The Hall–Kier alpha value is -3.56. The molecule has 3 aliphatic heterocycles. The molecule has 1 amide bonds. The number of carbonyl (C=O) groups is 1. The Bertz CT molecular complexity index is 1880. The van der Waals surface area contributed by atoms with Gasteiger partial charge < -0.3 is 15.0 Å². The number of aryl methyl sites for hydroxylation is 1. The first-order chi connectivity index (χ1) is 22.2. The van der Waals surface area contributed by atoms with E-state index in [9.17, 15) is 9.18 Å². The summed E-state index contributed by atoms with van der Waals surface area (Å²) in [4.78, 5) is 27.6. The van der Waals surface area contributed by atoms with Gasteiger partial charge in [-0.1, -0.05) is 35.9 Å². The Kier molecular flexibility index (Phi) is 7.33. The molecule has 4 heterocycles. The quantitative estimate of drug-likeness (QED) is 0.241. The van der Waals surface area contributed by atoms with Gasteiger partial charge in [0, 0.05) is 54.5 Å². The molecule has 0 spiro atoms. The number of carbonyl (C=O) groups excluding carboxylic acids is 1. The van der Waals surface area contributed by atoms with Gasteiger partial charge in [-0.2, -0.15) is 9.97 Å². The Balaban J connectivity index is 1.33. The number of rotatable bonds is 6. The van der Waals surface area contributed by atoms with E-state index in [4.69, 9.17) is 26.3 Å². The van der Waals surface area contributed by atoms with Gasteiger partial charge in [-0.15, -0.1) is 0 Å². The minimum Gasteiger partial charge on any atom is -0.461 e. The summed E-state index contributed by atoms with van der Waals surface area (Å²) in [6, 6.07) is 11.2. The molecule has 4 fully saturated rings. The number of alkyl halides is 1. The first-order valence-corrected chi connectivity index (χ1v) is 16.8. The minimum absolute atomic E-state index is 0.0774. The number of halogens is 3. The Morgan fingerprint density at radius 3 is 2.74 bits per heavy atom. The van der Waals surface area contributed by atoms with Crippen LogP contribution in [-0.4, -0.2) is 72.3 Å². The standard InChI is InChI=1S/C36H38ClF2N5O2/c1-20-11-23-5-3-6-28(37)29(23)25(12-20)30-26(34(45)40-2)14-27-32(31(30)39)41-35(42-33(27)43-16-21-7-8-22(13-21)17-43)46-19-36-9-4-10-44(36)18-24(38)15-36/h3,5-6,11-12,14,21-22,24H,4,7-10,13,15-19H2,1-2H3,(H,40,45)/t21?,22?,24-,36+/m1/s1. The third-order valence-corrected chi connectivity index (χ3v) is 11.2. The zero-order chi connectivity index (χ0) is 31.7. The highest BCUT2D eigenvalue weighted by Gasteiger charge is 2.49. The minimum atomic E-state index is -0.889. The number of aromatic nitrogens is 2. The second-order valence-electron chi connectivity index (χ2n) is 13.9. The zero-order valence-corrected chi connectivity index (χ0v) is 27.0. The van der Waals surface area contributed by atoms with E-state index in [2.05, 4.69) is 15.1 Å². The third kappa shape index (κ3) is 4.89. The summed E-state index contributed by atoms with van der Waals surface area (Å²) in [5.41, 5.74) is 1.46. The average Bonchev–Trinajstić information content (AvgIpc) is 3.69. The van der Waals surface area contributed by atoms with Gasteiger partial charge in [-0.05, 0) is 86.1 Å². The third-order valence-electron chi connectivity index (χ3n) is 10.8. The molecule has 240 valence electrons. The maximum atomic E-state index is 17.4. The van der Waals surface area contributed by atoms with Crippen LogP contribution in [0.1, 0.15) is 54.4 Å². The van der Waals surface area contributed by atoms with Gasteiger partial charge in [-0.3, -0.25) is 9.69 Å². The van der Waals surface area contributed by atoms with Crippen LogP contribution in [-0.2, 0) is 0 Å². The Morgan fingerprint density at radius 2 is 1.96 bits per heavy atom. The van der Waals surface area contributed by atoms with E-state index in [0.29, 0.717) is 52.0 Å². The number of amides is 1. The van der Waals surface area contributed by atoms with Gasteiger partial charge in [0.05, 0.1) is 11.1 Å². The highest BCUT2D eigenvalue weighted by atomic mass is 35.5. The van der Waals surface area contributed by atoms with Crippen molar-refractivity contribution in [2.24, 2.45) is 11.8 Å². The lowest BCUT2D eigenvalue weighted by molar-refractivity contribution is 0.0963. The fraction of sp³-hybridized carbons (Fsp3) is 0.472. The van der Waals surface area contributed by atoms with Crippen molar-refractivity contribution in [3.63, 3.8) is 0 Å². The van der Waals surface area contributed by atoms with Crippen LogP contribution in [0.5, 0.6) is 6.01 Å². The molecule has 7 nitrogen and oxygen atoms in total. The van der Waals surface area contributed by atoms with Crippen LogP contribution in [0.4, 0.5) is 14.6 Å². The van der Waals surface area contributed by atoms with Gasteiger partial charge in [0.25, 0.3) is 5.91 Å². The first kappa shape index (κ1) is 29.8. The molecule has 2 bridgehead atoms. The van der Waals surface area contributed by atoms with Crippen LogP contribution < -0.4 is 15.0 Å². The van der Waals surface area contributed by atoms with Crippen molar-refractivity contribution in [1.82, 2.24) is 20.2 Å². The summed E-state index contributed by atoms with van der Waals surface area (Å²) in [6.07, 6.45) is 4.88. The molecule has 4 aliphatic rings. The molecular weight excluding hydrogens is 608 g/mol. The highest BCUT2D eigenvalue weighted by Crippen LogP contribution is 2.45. The predicted octanol–water partition coefficient (Wildman–Crippen LogP) is 7.10. The number of nitrogens with zero attached hydrogens (tertiary/aromatic N) is 4. The molecule has 1 N–H and O–H groups in total. The summed E-state index contributed by atoms with van der Waals surface area (Å²) in [5, 5.41) is 5.18. The van der Waals surface area contributed by atoms with Crippen LogP contribution >= 0.6 is 11.6 Å². The average molecular weight is 646 g/mol. The van der Waals surface area contributed by atoms with E-state index < -0.39 is 23.4 Å². The summed E-state index contributed by atoms with van der Waals surface area (Å²) in [5.74, 6) is 0.631. The lowest BCUT2D eigenvalue weighted by Gasteiger charge is -2.34. The smallest absolute Gasteiger partial charge is 0.319 e. The van der Waals surface area contributed by atoms with Crippen LogP contribution in [0.2, 0.25) is 5.02 Å². The fourth-order valence-electron chi connectivity index (χ4n) is 8.83. The number of anilines is 1. The predicted molar refractivity (Wildman–Crippen MR) is 177 cm³/mol. The maximum absolute atomic E-state index is 17.4. The first-order valence-electron chi connectivity index (χ1n) is 16.5. The van der Waals surface area contributed by atoms with E-state index >= 15 is 4.39 Å². The second kappa shape index (κ2) is 11.3. The van der Waals surface area contributed by atoms with Crippen LogP contribution in [0.3, 0.4) is 0 Å². The molecule has 1 aromatic heterocycles. The Labute approximate surface area is 272 Å². The van der Waals surface area contributed by atoms with Crippen molar-refractivity contribution in [2.45, 2.75) is 57.2 Å². The molecule has 4 atom stereocenters. The molecule has 1 aliphatic carbocycles. The van der Waals surface area contributed by atoms with E-state index in [1.807, 2.05) is 31.2 Å². The number of benzene rings is 3. The highest BCUT2D eigenvalue weighted by molar-refractivity contribution is 6.37. The van der Waals surface area contributed by atoms with Crippen LogP contribution in [0.25, 0.3) is 32.8 Å². The van der Waals surface area contributed by atoms with Crippen molar-refractivity contribution in [1.29, 1.82) is 0 Å². The molecule has 0 radical (unpaired) electrons. The van der Waals surface area contributed by atoms with Crippen molar-refractivity contribution in [3.8, 4) is 17.1 Å². The second-order valence-corrected chi connectivity index (χ2v) is 14.3. The van der Waals surface area contributed by atoms with E-state index in [-0.39, 0.29) is 29.3 Å². The molecule has 3 saturated heterocycles. The normalized spacial score (nSPS) is 25.8. The molecule has 8 rings (SSSR count). The Morgan fingerprint density at radius 1 is 1.15 bits per heavy atom. The van der Waals surface area contributed by atoms with Crippen molar-refractivity contribution < 1.29 is 18.3 Å². The molecule has 46 heavy (non-hydrogen) atoms. The zero-order valence-electron chi connectivity index (χ0n) is 26.2. The van der Waals surface area contributed by atoms with Crippen molar-refractivity contribution in [3.05, 3.63) is 58.4 Å². The van der Waals surface area contributed by atoms with Gasteiger partial charge in [0.1, 0.15) is 24.1 Å². The van der Waals surface area contributed by atoms with E-state index in [1.54, 1.807) is 19.2 Å². The van der Waals surface area contributed by atoms with Gasteiger partial charge in [0.2, 0.25) is 0 Å². The molecular formula is C36H38ClF2N5O2. The fourth-order valence-corrected chi connectivity index (χ4v) is 9.12. The number of ether oxygens (including phenoxy) is 1. The van der Waals surface area contributed by atoms with Crippen molar-refractivity contribution >= 4 is 45.0 Å². The molecule has 1 saturated carbocycles. The summed E-state index contributed by atoms with van der Waals surface area (Å²) in [6.45, 7) is 5.05. The lowest BCUT2D eigenvalue weighted by atomic mass is 9.90. The number of nitrogens with one attached hydrogen (secondary N) is 1. The number of hydrogen-bond acceptors (Lipinski definition) is 6. The van der Waals surface area contributed by atoms with Crippen LogP contribution in [0, 0.1) is 24.6 Å². The van der Waals surface area contributed by atoms with E-state index in [0.717, 1.165) is 43.4 Å². The molecule has 3 aromatic carbocycles. The monoisotopic (exact) mass is 645 g/mol.